The minimum atomic E-state index is -1.40. The van der Waals surface area contributed by atoms with Gasteiger partial charge in [-0.1, -0.05) is 52.6 Å². The molecule has 2 unspecified atom stereocenters. The van der Waals surface area contributed by atoms with Crippen LogP contribution in [0.4, 0.5) is 5.69 Å². The van der Waals surface area contributed by atoms with Crippen LogP contribution < -0.4 is 9.08 Å². The molecule has 0 aliphatic carbocycles. The van der Waals surface area contributed by atoms with Gasteiger partial charge in [0.1, 0.15) is 12.0 Å². The van der Waals surface area contributed by atoms with Crippen LogP contribution >= 0.6 is 10.3 Å². The molecule has 1 aliphatic heterocycles. The van der Waals surface area contributed by atoms with Crippen molar-refractivity contribution in [1.29, 1.82) is 0 Å². The Morgan fingerprint density at radius 1 is 0.938 bits per heavy atom. The van der Waals surface area contributed by atoms with Gasteiger partial charge in [0.25, 0.3) is 0 Å². The third-order valence-corrected chi connectivity index (χ3v) is 12.5. The maximum absolute atomic E-state index is 6.72. The molecule has 4 rings (SSSR count). The van der Waals surface area contributed by atoms with E-state index < -0.39 is 10.3 Å². The lowest BCUT2D eigenvalue weighted by atomic mass is 9.90. The van der Waals surface area contributed by atoms with E-state index in [0.29, 0.717) is 39.6 Å². The SMILES string of the molecule is C#CC(c1cncc(CCOCCOCCOCc2ccccc2)c1)c1cc(OS(C)(C)C(C)(C)C)ccc1N(CC)C1CCCCO1. The molecule has 8 heteroatoms. The topological polar surface area (TPSA) is 62.3 Å². The van der Waals surface area contributed by atoms with Gasteiger partial charge in [-0.25, -0.2) is 0 Å². The molecule has 7 nitrogen and oxygen atoms in total. The molecular weight excluding hydrogens is 621 g/mol. The van der Waals surface area contributed by atoms with E-state index in [4.69, 9.17) is 29.6 Å². The zero-order valence-corrected chi connectivity index (χ0v) is 30.7. The normalized spacial score (nSPS) is 16.2. The fraction of sp³-hybridized carbons (Fsp3) is 0.525. The number of benzene rings is 2. The summed E-state index contributed by atoms with van der Waals surface area (Å²) in [6.45, 7) is 13.8. The van der Waals surface area contributed by atoms with Crippen molar-refractivity contribution in [2.75, 3.05) is 63.6 Å². The van der Waals surface area contributed by atoms with Gasteiger partial charge in [-0.3, -0.25) is 4.98 Å². The van der Waals surface area contributed by atoms with Gasteiger partial charge in [-0.2, -0.15) is 0 Å². The highest BCUT2D eigenvalue weighted by Crippen LogP contribution is 2.54. The molecule has 0 spiro atoms. The van der Waals surface area contributed by atoms with E-state index in [-0.39, 0.29) is 16.9 Å². The standard InChI is InChI=1S/C40H56N2O5S/c1-8-36(34-27-33(29-41-30-34)20-22-43-23-24-44-25-26-45-31-32-15-11-10-12-16-32)37-28-35(47-48(6,7)40(3,4)5)18-19-38(37)42(9-2)39-17-13-14-21-46-39/h1,10-12,15-16,18-19,27-30,36,39H,9,13-14,17,20-26,31H2,2-7H3. The Morgan fingerprint density at radius 3 is 2.33 bits per heavy atom. The molecule has 48 heavy (non-hydrogen) atoms. The first-order valence-corrected chi connectivity index (χ1v) is 19.6. The monoisotopic (exact) mass is 676 g/mol. The van der Waals surface area contributed by atoms with E-state index in [9.17, 15) is 0 Å². The molecule has 0 saturated carbocycles. The molecule has 262 valence electrons. The molecule has 1 fully saturated rings. The highest BCUT2D eigenvalue weighted by molar-refractivity contribution is 8.30. The molecule has 0 bridgehead atoms. The van der Waals surface area contributed by atoms with Gasteiger partial charge in [0.15, 0.2) is 0 Å². The van der Waals surface area contributed by atoms with Gasteiger partial charge in [-0.15, -0.1) is 6.42 Å². The fourth-order valence-electron chi connectivity index (χ4n) is 5.50. The van der Waals surface area contributed by atoms with Gasteiger partial charge in [-0.05, 0) is 106 Å². The summed E-state index contributed by atoms with van der Waals surface area (Å²) >= 11 is 0. The largest absolute Gasteiger partial charge is 0.449 e. The van der Waals surface area contributed by atoms with Crippen LogP contribution in [-0.2, 0) is 32.0 Å². The molecule has 1 saturated heterocycles. The molecule has 0 amide bonds. The Bertz CT molecular complexity index is 1430. The van der Waals surface area contributed by atoms with E-state index in [0.717, 1.165) is 72.5 Å². The summed E-state index contributed by atoms with van der Waals surface area (Å²) < 4.78 is 30.2. The Labute approximate surface area is 291 Å². The quantitative estimate of drug-likeness (QED) is 0.0996. The fourth-order valence-corrected chi connectivity index (χ4v) is 6.34. The summed E-state index contributed by atoms with van der Waals surface area (Å²) in [6.07, 6.45) is 18.6. The number of terminal acetylenes is 1. The van der Waals surface area contributed by atoms with Crippen molar-refractivity contribution < 1.29 is 23.1 Å². The summed E-state index contributed by atoms with van der Waals surface area (Å²) in [4.78, 5) is 6.96. The van der Waals surface area contributed by atoms with E-state index in [2.05, 4.69) is 92.4 Å². The lowest BCUT2D eigenvalue weighted by molar-refractivity contribution is 0.0111. The molecule has 3 aromatic rings. The zero-order chi connectivity index (χ0) is 34.4. The maximum atomic E-state index is 6.72. The maximum Gasteiger partial charge on any atom is 0.135 e. The number of ether oxygens (including phenoxy) is 4. The van der Waals surface area contributed by atoms with E-state index >= 15 is 0 Å². The number of anilines is 1. The van der Waals surface area contributed by atoms with E-state index in [1.165, 1.54) is 0 Å². The second-order valence-electron chi connectivity index (χ2n) is 13.5. The van der Waals surface area contributed by atoms with Gasteiger partial charge in [0.2, 0.25) is 0 Å². The van der Waals surface area contributed by atoms with Crippen LogP contribution in [0.25, 0.3) is 0 Å². The van der Waals surface area contributed by atoms with E-state index in [1.54, 1.807) is 0 Å². The van der Waals surface area contributed by atoms with Crippen molar-refractivity contribution in [1.82, 2.24) is 4.98 Å². The summed E-state index contributed by atoms with van der Waals surface area (Å²) in [5.74, 6) is 3.64. The van der Waals surface area contributed by atoms with Crippen LogP contribution in [0.3, 0.4) is 0 Å². The third-order valence-electron chi connectivity index (χ3n) is 8.95. The molecule has 0 N–H and O–H groups in total. The second kappa shape index (κ2) is 18.6. The first-order chi connectivity index (χ1) is 23.1. The highest BCUT2D eigenvalue weighted by Gasteiger charge is 2.31. The van der Waals surface area contributed by atoms with Crippen LogP contribution in [0, 0.1) is 12.3 Å². The van der Waals surface area contributed by atoms with Crippen LogP contribution in [0.1, 0.15) is 75.1 Å². The lowest BCUT2D eigenvalue weighted by Crippen LogP contribution is -2.40. The second-order valence-corrected chi connectivity index (χ2v) is 17.4. The predicted molar refractivity (Wildman–Crippen MR) is 199 cm³/mol. The smallest absolute Gasteiger partial charge is 0.135 e. The zero-order valence-electron chi connectivity index (χ0n) is 29.9. The number of rotatable bonds is 18. The number of nitrogens with zero attached hydrogens (tertiary/aromatic N) is 2. The first-order valence-electron chi connectivity index (χ1n) is 17.2. The van der Waals surface area contributed by atoms with Crippen molar-refractivity contribution in [3.8, 4) is 18.1 Å². The number of pyridine rings is 1. The average molecular weight is 677 g/mol. The Balaban J connectivity index is 1.40. The third kappa shape index (κ3) is 11.0. The van der Waals surface area contributed by atoms with Crippen molar-refractivity contribution >= 4 is 16.0 Å². The lowest BCUT2D eigenvalue weighted by Gasteiger charge is -2.44. The summed E-state index contributed by atoms with van der Waals surface area (Å²) in [5.41, 5.74) is 5.35. The van der Waals surface area contributed by atoms with E-state index in [1.807, 2.05) is 30.6 Å². The number of hydrogen-bond acceptors (Lipinski definition) is 7. The van der Waals surface area contributed by atoms with Crippen LogP contribution in [0.5, 0.6) is 5.75 Å². The molecule has 1 aromatic heterocycles. The number of hydrogen-bond donors (Lipinski definition) is 0. The minimum absolute atomic E-state index is 0.0200. The van der Waals surface area contributed by atoms with Crippen LogP contribution in [-0.4, -0.2) is 74.7 Å². The van der Waals surface area contributed by atoms with Crippen molar-refractivity contribution in [3.63, 3.8) is 0 Å². The van der Waals surface area contributed by atoms with Gasteiger partial charge < -0.3 is 28.0 Å². The van der Waals surface area contributed by atoms with Crippen LogP contribution in [0.2, 0.25) is 0 Å². The molecule has 2 heterocycles. The molecule has 0 radical (unpaired) electrons. The average Bonchev–Trinajstić information content (AvgIpc) is 3.07. The van der Waals surface area contributed by atoms with Crippen molar-refractivity contribution in [2.24, 2.45) is 0 Å². The van der Waals surface area contributed by atoms with Gasteiger partial charge in [0, 0.05) is 36.0 Å². The molecule has 2 atom stereocenters. The highest BCUT2D eigenvalue weighted by atomic mass is 32.3. The summed E-state index contributed by atoms with van der Waals surface area (Å²) in [6, 6.07) is 18.7. The van der Waals surface area contributed by atoms with Crippen molar-refractivity contribution in [3.05, 3.63) is 89.2 Å². The Hall–Kier alpha value is -3.06. The minimum Gasteiger partial charge on any atom is -0.449 e. The van der Waals surface area contributed by atoms with Crippen LogP contribution in [0.15, 0.2) is 67.0 Å². The summed E-state index contributed by atoms with van der Waals surface area (Å²) in [5, 5.41) is 0. The molecule has 1 aliphatic rings. The molecule has 2 aromatic carbocycles. The van der Waals surface area contributed by atoms with Crippen molar-refractivity contribution in [2.45, 2.75) is 76.9 Å². The summed E-state index contributed by atoms with van der Waals surface area (Å²) in [7, 11) is -1.40. The first kappa shape index (κ1) is 37.8. The number of aromatic nitrogens is 1. The Kier molecular flexibility index (Phi) is 14.7. The Morgan fingerprint density at radius 2 is 1.67 bits per heavy atom. The predicted octanol–water partition coefficient (Wildman–Crippen LogP) is 8.15. The van der Waals surface area contributed by atoms with Gasteiger partial charge >= 0.3 is 0 Å². The van der Waals surface area contributed by atoms with Gasteiger partial charge in [0.05, 0.1) is 45.6 Å². The molecular formula is C40H56N2O5S.